The zero-order valence-electron chi connectivity index (χ0n) is 20.0. The SMILES string of the molecule is CCOC(=O)N1CCN(c2ccc(Nc3ncc(F)c(Nc4ccc5c(n4)NC(=O)CO5)n3)cc2)CC1. The smallest absolute Gasteiger partial charge is 0.409 e. The zero-order chi connectivity index (χ0) is 25.8. The van der Waals surface area contributed by atoms with Crippen LogP contribution in [0.1, 0.15) is 6.92 Å². The van der Waals surface area contributed by atoms with Crippen molar-refractivity contribution in [1.82, 2.24) is 19.9 Å². The van der Waals surface area contributed by atoms with Gasteiger partial charge in [-0.2, -0.15) is 4.98 Å². The Morgan fingerprint density at radius 3 is 2.65 bits per heavy atom. The summed E-state index contributed by atoms with van der Waals surface area (Å²) in [6.45, 7) is 4.67. The second kappa shape index (κ2) is 10.5. The molecule has 1 saturated heterocycles. The fourth-order valence-corrected chi connectivity index (χ4v) is 3.92. The summed E-state index contributed by atoms with van der Waals surface area (Å²) in [5.74, 6) is 0.0832. The molecular weight excluding hydrogens is 483 g/mol. The Kier molecular flexibility index (Phi) is 6.83. The van der Waals surface area contributed by atoms with E-state index in [0.717, 1.165) is 17.6 Å². The predicted octanol–water partition coefficient (Wildman–Crippen LogP) is 3.11. The van der Waals surface area contributed by atoms with Crippen LogP contribution in [0.2, 0.25) is 0 Å². The summed E-state index contributed by atoms with van der Waals surface area (Å²) < 4.78 is 24.8. The van der Waals surface area contributed by atoms with Gasteiger partial charge in [-0.25, -0.2) is 19.2 Å². The van der Waals surface area contributed by atoms with Crippen LogP contribution in [0.4, 0.5) is 44.0 Å². The minimum Gasteiger partial charge on any atom is -0.480 e. The number of fused-ring (bicyclic) bond motifs is 1. The number of ether oxygens (including phenoxy) is 2. The van der Waals surface area contributed by atoms with E-state index in [2.05, 4.69) is 35.8 Å². The van der Waals surface area contributed by atoms with Crippen LogP contribution in [-0.2, 0) is 9.53 Å². The summed E-state index contributed by atoms with van der Waals surface area (Å²) in [6, 6.07) is 10.9. The van der Waals surface area contributed by atoms with Crippen LogP contribution >= 0.6 is 0 Å². The van der Waals surface area contributed by atoms with E-state index in [1.165, 1.54) is 0 Å². The van der Waals surface area contributed by atoms with Gasteiger partial charge >= 0.3 is 6.09 Å². The predicted molar refractivity (Wildman–Crippen MR) is 134 cm³/mol. The van der Waals surface area contributed by atoms with E-state index in [0.29, 0.717) is 38.5 Å². The number of aromatic nitrogens is 3. The molecule has 192 valence electrons. The van der Waals surface area contributed by atoms with Gasteiger partial charge in [-0.15, -0.1) is 0 Å². The second-order valence-electron chi connectivity index (χ2n) is 8.24. The molecule has 0 spiro atoms. The molecule has 37 heavy (non-hydrogen) atoms. The number of pyridine rings is 1. The molecule has 3 aromatic rings. The van der Waals surface area contributed by atoms with Crippen molar-refractivity contribution in [2.75, 3.05) is 60.2 Å². The molecule has 12 nitrogen and oxygen atoms in total. The van der Waals surface area contributed by atoms with Crippen molar-refractivity contribution in [3.63, 3.8) is 0 Å². The van der Waals surface area contributed by atoms with Gasteiger partial charge in [0.1, 0.15) is 5.82 Å². The number of amides is 2. The molecule has 0 bridgehead atoms. The number of carbonyl (C=O) groups excluding carboxylic acids is 2. The minimum atomic E-state index is -0.664. The topological polar surface area (TPSA) is 134 Å². The lowest BCUT2D eigenvalue weighted by atomic mass is 10.2. The number of hydrogen-bond acceptors (Lipinski definition) is 10. The van der Waals surface area contributed by atoms with Crippen molar-refractivity contribution in [2.24, 2.45) is 0 Å². The number of nitrogens with one attached hydrogen (secondary N) is 3. The molecule has 2 aromatic heterocycles. The van der Waals surface area contributed by atoms with Gasteiger partial charge in [0.05, 0.1) is 12.8 Å². The molecule has 5 rings (SSSR count). The first-order chi connectivity index (χ1) is 18.0. The van der Waals surface area contributed by atoms with Gasteiger partial charge in [-0.1, -0.05) is 0 Å². The van der Waals surface area contributed by atoms with E-state index in [1.54, 1.807) is 24.0 Å². The van der Waals surface area contributed by atoms with Gasteiger partial charge in [0.25, 0.3) is 5.91 Å². The molecule has 0 atom stereocenters. The highest BCUT2D eigenvalue weighted by Gasteiger charge is 2.22. The molecule has 0 unspecified atom stereocenters. The summed E-state index contributed by atoms with van der Waals surface area (Å²) in [5.41, 5.74) is 1.74. The van der Waals surface area contributed by atoms with Crippen LogP contribution in [0.5, 0.6) is 5.75 Å². The molecule has 13 heteroatoms. The number of hydrogen-bond donors (Lipinski definition) is 3. The normalized spacial score (nSPS) is 14.8. The van der Waals surface area contributed by atoms with Gasteiger partial charge < -0.3 is 35.2 Å². The monoisotopic (exact) mass is 508 g/mol. The van der Waals surface area contributed by atoms with Gasteiger partial charge in [-0.05, 0) is 43.3 Å². The van der Waals surface area contributed by atoms with Gasteiger partial charge in [0, 0.05) is 37.6 Å². The first kappa shape index (κ1) is 24.0. The van der Waals surface area contributed by atoms with Gasteiger partial charge in [0.2, 0.25) is 5.95 Å². The minimum absolute atomic E-state index is 0.0792. The van der Waals surface area contributed by atoms with Crippen molar-refractivity contribution in [2.45, 2.75) is 6.92 Å². The molecule has 3 N–H and O–H groups in total. The van der Waals surface area contributed by atoms with Crippen molar-refractivity contribution < 1.29 is 23.5 Å². The summed E-state index contributed by atoms with van der Waals surface area (Å²) in [7, 11) is 0. The molecule has 2 aliphatic rings. The average molecular weight is 509 g/mol. The fourth-order valence-electron chi connectivity index (χ4n) is 3.92. The van der Waals surface area contributed by atoms with E-state index in [1.807, 2.05) is 24.3 Å². The maximum Gasteiger partial charge on any atom is 0.409 e. The van der Waals surface area contributed by atoms with Gasteiger partial charge in [0.15, 0.2) is 29.8 Å². The third-order valence-electron chi connectivity index (χ3n) is 5.76. The zero-order valence-corrected chi connectivity index (χ0v) is 20.0. The summed E-state index contributed by atoms with van der Waals surface area (Å²) in [5, 5.41) is 8.48. The van der Waals surface area contributed by atoms with E-state index >= 15 is 0 Å². The number of anilines is 6. The quantitative estimate of drug-likeness (QED) is 0.456. The van der Waals surface area contributed by atoms with Crippen LogP contribution in [-0.4, -0.2) is 71.2 Å². The molecule has 0 radical (unpaired) electrons. The Bertz CT molecular complexity index is 1300. The first-order valence-corrected chi connectivity index (χ1v) is 11.8. The summed E-state index contributed by atoms with van der Waals surface area (Å²) >= 11 is 0. The van der Waals surface area contributed by atoms with Crippen molar-refractivity contribution in [1.29, 1.82) is 0 Å². The lowest BCUT2D eigenvalue weighted by Gasteiger charge is -2.35. The largest absolute Gasteiger partial charge is 0.480 e. The van der Waals surface area contributed by atoms with Crippen LogP contribution < -0.4 is 25.6 Å². The number of nitrogens with zero attached hydrogens (tertiary/aromatic N) is 5. The Morgan fingerprint density at radius 1 is 1.11 bits per heavy atom. The lowest BCUT2D eigenvalue weighted by molar-refractivity contribution is -0.118. The number of halogens is 1. The van der Waals surface area contributed by atoms with E-state index in [4.69, 9.17) is 9.47 Å². The number of piperazine rings is 1. The highest BCUT2D eigenvalue weighted by atomic mass is 19.1. The molecule has 4 heterocycles. The van der Waals surface area contributed by atoms with Crippen molar-refractivity contribution in [3.05, 3.63) is 48.4 Å². The van der Waals surface area contributed by atoms with Gasteiger partial charge in [-0.3, -0.25) is 4.79 Å². The highest BCUT2D eigenvalue weighted by Crippen LogP contribution is 2.29. The van der Waals surface area contributed by atoms with Crippen LogP contribution in [0.3, 0.4) is 0 Å². The second-order valence-corrected chi connectivity index (χ2v) is 8.24. The maximum atomic E-state index is 14.4. The number of benzene rings is 1. The van der Waals surface area contributed by atoms with Crippen LogP contribution in [0.25, 0.3) is 0 Å². The summed E-state index contributed by atoms with van der Waals surface area (Å²) in [6.07, 6.45) is 0.774. The molecule has 0 saturated carbocycles. The lowest BCUT2D eigenvalue weighted by Crippen LogP contribution is -2.49. The van der Waals surface area contributed by atoms with Crippen LogP contribution in [0.15, 0.2) is 42.6 Å². The molecule has 1 aromatic carbocycles. The molecule has 0 aliphatic carbocycles. The van der Waals surface area contributed by atoms with Crippen molar-refractivity contribution in [3.8, 4) is 5.75 Å². The van der Waals surface area contributed by atoms with Crippen molar-refractivity contribution >= 4 is 46.8 Å². The Balaban J connectivity index is 1.22. The Hall–Kier alpha value is -4.68. The van der Waals surface area contributed by atoms with E-state index in [-0.39, 0.29) is 42.0 Å². The van der Waals surface area contributed by atoms with E-state index < -0.39 is 5.82 Å². The average Bonchev–Trinajstić information content (AvgIpc) is 2.91. The molecule has 2 aliphatic heterocycles. The standard InChI is InChI=1S/C24H25FN8O4/c1-2-36-24(35)33-11-9-32(10-12-33)16-5-3-15(4-6-16)27-23-26-13-17(25)21(31-23)28-19-8-7-18-22(29-19)30-20(34)14-37-18/h3-8,13H,2,9-12,14H2,1H3,(H3,26,27,28,29,30,31,34). The fraction of sp³-hybridized carbons (Fsp3) is 0.292. The van der Waals surface area contributed by atoms with E-state index in [9.17, 15) is 14.0 Å². The molecule has 2 amide bonds. The highest BCUT2D eigenvalue weighted by molar-refractivity contribution is 5.94. The first-order valence-electron chi connectivity index (χ1n) is 11.8. The maximum absolute atomic E-state index is 14.4. The third kappa shape index (κ3) is 5.60. The number of rotatable bonds is 6. The Labute approximate surface area is 211 Å². The number of carbonyl (C=O) groups is 2. The molecular formula is C24H25FN8O4. The third-order valence-corrected chi connectivity index (χ3v) is 5.76. The summed E-state index contributed by atoms with van der Waals surface area (Å²) in [4.78, 5) is 39.8. The Morgan fingerprint density at radius 2 is 1.89 bits per heavy atom. The van der Waals surface area contributed by atoms with Crippen LogP contribution in [0, 0.1) is 5.82 Å². The molecule has 1 fully saturated rings.